The molecule has 0 N–H and O–H groups in total. The van der Waals surface area contributed by atoms with Crippen LogP contribution in [0.3, 0.4) is 0 Å². The van der Waals surface area contributed by atoms with Gasteiger partial charge in [0.25, 0.3) is 0 Å². The predicted octanol–water partition coefficient (Wildman–Crippen LogP) is 3.18. The van der Waals surface area contributed by atoms with E-state index in [1.165, 1.54) is 13.0 Å². The highest BCUT2D eigenvalue weighted by Crippen LogP contribution is 2.11. The Bertz CT molecular complexity index is 204. The number of halogens is 4. The zero-order chi connectivity index (χ0) is 11.2. The molecule has 0 unspecified atom stereocenters. The predicted molar refractivity (Wildman–Crippen MR) is 49.8 cm³/mol. The lowest BCUT2D eigenvalue weighted by molar-refractivity contribution is -0.804. The van der Waals surface area contributed by atoms with Crippen molar-refractivity contribution in [2.45, 2.75) is 13.3 Å². The number of quaternary nitrogens is 1. The van der Waals surface area contributed by atoms with E-state index in [1.54, 1.807) is 0 Å². The average Bonchev–Trinajstić information content (AvgIpc) is 2.33. The normalized spacial score (nSPS) is 17.9. The van der Waals surface area contributed by atoms with Crippen molar-refractivity contribution >= 4 is 7.25 Å². The largest absolute Gasteiger partial charge is 0.673 e. The van der Waals surface area contributed by atoms with E-state index in [0.717, 1.165) is 4.48 Å². The van der Waals surface area contributed by atoms with Crippen LogP contribution < -0.4 is 0 Å². The highest BCUT2D eigenvalue weighted by atomic mass is 19.5. The topological polar surface area (TPSA) is 0 Å². The van der Waals surface area contributed by atoms with Crippen LogP contribution in [0.1, 0.15) is 13.3 Å². The van der Waals surface area contributed by atoms with Crippen LogP contribution in [0.5, 0.6) is 0 Å². The summed E-state index contributed by atoms with van der Waals surface area (Å²) in [7, 11) is -3.79. The smallest absolute Gasteiger partial charge is 0.418 e. The summed E-state index contributed by atoms with van der Waals surface area (Å²) in [4.78, 5) is 0. The van der Waals surface area contributed by atoms with E-state index < -0.39 is 7.25 Å². The molecule has 1 aliphatic rings. The fraction of sp³-hybridized carbons (Fsp3) is 0.500. The molecule has 0 fully saturated rings. The van der Waals surface area contributed by atoms with Crippen molar-refractivity contribution in [3.8, 4) is 0 Å². The minimum absolute atomic E-state index is 0.983. The van der Waals surface area contributed by atoms with E-state index >= 15 is 0 Å². The fourth-order valence-electron chi connectivity index (χ4n) is 1.17. The molecule has 0 aromatic rings. The van der Waals surface area contributed by atoms with Crippen molar-refractivity contribution in [2.24, 2.45) is 0 Å². The second-order valence-electron chi connectivity index (χ2n) is 3.25. The third-order valence-electron chi connectivity index (χ3n) is 1.67. The lowest BCUT2D eigenvalue weighted by Crippen LogP contribution is -2.30. The zero-order valence-electron chi connectivity index (χ0n) is 8.26. The maximum atomic E-state index is 9.75. The minimum atomic E-state index is -6.00. The molecule has 1 nitrogen and oxygen atoms in total. The summed E-state index contributed by atoms with van der Waals surface area (Å²) in [6.45, 7) is 3.43. The van der Waals surface area contributed by atoms with Crippen molar-refractivity contribution in [3.05, 3.63) is 24.6 Å². The summed E-state index contributed by atoms with van der Waals surface area (Å²) >= 11 is 0. The molecule has 0 bridgehead atoms. The number of rotatable bonds is 2. The summed E-state index contributed by atoms with van der Waals surface area (Å²) in [6.07, 6.45) is 9.88. The molecular weight excluding hydrogens is 197 g/mol. The van der Waals surface area contributed by atoms with Gasteiger partial charge in [-0.05, 0) is 18.6 Å². The van der Waals surface area contributed by atoms with E-state index in [2.05, 4.69) is 38.5 Å². The molecule has 1 rings (SSSR count). The Labute approximate surface area is 81.4 Å². The van der Waals surface area contributed by atoms with Gasteiger partial charge in [0.1, 0.15) is 12.4 Å². The van der Waals surface area contributed by atoms with Gasteiger partial charge in [0, 0.05) is 0 Å². The van der Waals surface area contributed by atoms with Gasteiger partial charge < -0.3 is 17.3 Å². The Morgan fingerprint density at radius 1 is 1.07 bits per heavy atom. The Hall–Kier alpha value is -0.775. The van der Waals surface area contributed by atoms with Crippen LogP contribution in [0.4, 0.5) is 17.3 Å². The Kier molecular flexibility index (Phi) is 4.90. The first kappa shape index (κ1) is 13.2. The first-order valence-corrected chi connectivity index (χ1v) is 4.36. The molecule has 0 aromatic carbocycles. The summed E-state index contributed by atoms with van der Waals surface area (Å²) in [5.41, 5.74) is 0. The summed E-state index contributed by atoms with van der Waals surface area (Å²) in [6, 6.07) is 0. The van der Waals surface area contributed by atoms with Crippen molar-refractivity contribution in [1.29, 1.82) is 0 Å². The Morgan fingerprint density at radius 3 is 1.71 bits per heavy atom. The first-order chi connectivity index (χ1) is 6.27. The zero-order valence-corrected chi connectivity index (χ0v) is 8.26. The molecule has 14 heavy (non-hydrogen) atoms. The Balaban J connectivity index is 0.000000292. The molecular formula is C8H14BF4N. The van der Waals surface area contributed by atoms with E-state index in [1.807, 2.05) is 0 Å². The summed E-state index contributed by atoms with van der Waals surface area (Å²) in [5, 5.41) is 0. The van der Waals surface area contributed by atoms with E-state index in [-0.39, 0.29) is 0 Å². The lowest BCUT2D eigenvalue weighted by Gasteiger charge is -2.21. The van der Waals surface area contributed by atoms with Crippen LogP contribution in [-0.2, 0) is 0 Å². The quantitative estimate of drug-likeness (QED) is 0.373. The summed E-state index contributed by atoms with van der Waals surface area (Å²) < 4.78 is 40.0. The summed E-state index contributed by atoms with van der Waals surface area (Å²) in [5.74, 6) is 0. The molecule has 0 amide bonds. The van der Waals surface area contributed by atoms with Crippen LogP contribution >= 0.6 is 0 Å². The number of hydrogen-bond donors (Lipinski definition) is 0. The molecule has 0 saturated heterocycles. The monoisotopic (exact) mass is 211 g/mol. The van der Waals surface area contributed by atoms with Crippen molar-refractivity contribution in [3.63, 3.8) is 0 Å². The minimum Gasteiger partial charge on any atom is -0.418 e. The first-order valence-electron chi connectivity index (χ1n) is 4.36. The van der Waals surface area contributed by atoms with Crippen LogP contribution in [0.2, 0.25) is 0 Å². The highest BCUT2D eigenvalue weighted by Gasteiger charge is 2.20. The number of hydrogen-bond acceptors (Lipinski definition) is 0. The molecule has 1 heterocycles. The van der Waals surface area contributed by atoms with Crippen LogP contribution in [0.25, 0.3) is 0 Å². The lowest BCUT2D eigenvalue weighted by atomic mass is 10.3. The van der Waals surface area contributed by atoms with E-state index in [4.69, 9.17) is 0 Å². The average molecular weight is 211 g/mol. The molecule has 1 aliphatic heterocycles. The van der Waals surface area contributed by atoms with Crippen molar-refractivity contribution < 1.29 is 21.7 Å². The molecule has 0 saturated carbocycles. The van der Waals surface area contributed by atoms with E-state index in [9.17, 15) is 17.3 Å². The maximum Gasteiger partial charge on any atom is 0.673 e. The van der Waals surface area contributed by atoms with E-state index in [0.29, 0.717) is 0 Å². The number of nitrogens with zero attached hydrogens (tertiary/aromatic N) is 1. The molecule has 0 aromatic heterocycles. The van der Waals surface area contributed by atoms with Gasteiger partial charge in [-0.1, -0.05) is 6.92 Å². The molecule has 6 heteroatoms. The van der Waals surface area contributed by atoms with Gasteiger partial charge in [0.2, 0.25) is 0 Å². The third-order valence-corrected chi connectivity index (χ3v) is 1.67. The molecule has 0 radical (unpaired) electrons. The molecule has 0 atom stereocenters. The van der Waals surface area contributed by atoms with Crippen molar-refractivity contribution in [1.82, 2.24) is 0 Å². The van der Waals surface area contributed by atoms with Gasteiger partial charge >= 0.3 is 7.25 Å². The van der Waals surface area contributed by atoms with Gasteiger partial charge in [0.15, 0.2) is 0 Å². The van der Waals surface area contributed by atoms with Crippen molar-refractivity contribution in [2.75, 3.05) is 13.6 Å². The van der Waals surface area contributed by atoms with Crippen LogP contribution in [0.15, 0.2) is 24.6 Å². The maximum absolute atomic E-state index is 9.75. The van der Waals surface area contributed by atoms with Gasteiger partial charge in [-0.15, -0.1) is 0 Å². The van der Waals surface area contributed by atoms with Crippen LogP contribution in [0, 0.1) is 0 Å². The molecule has 0 aliphatic carbocycles. The standard InChI is InChI=1S/C8H14N.BF4/c1-3-6-9(2)7-4-5-8-9;2-1(3,4)5/h4-5,7-8H,3,6H2,1-2H3;/q+1;-1. The fourth-order valence-corrected chi connectivity index (χ4v) is 1.17. The number of allylic oxidation sites excluding steroid dienone is 2. The van der Waals surface area contributed by atoms with Gasteiger partial charge in [-0.2, -0.15) is 0 Å². The third kappa shape index (κ3) is 7.85. The van der Waals surface area contributed by atoms with Gasteiger partial charge in [0.05, 0.1) is 13.6 Å². The SMILES string of the molecule is CCC[N+]1(C)C=CC=C1.F[B-](F)(F)F. The van der Waals surface area contributed by atoms with Crippen LogP contribution in [-0.4, -0.2) is 25.3 Å². The van der Waals surface area contributed by atoms with Gasteiger partial charge in [-0.25, -0.2) is 0 Å². The Morgan fingerprint density at radius 2 is 1.43 bits per heavy atom. The molecule has 82 valence electrons. The molecule has 0 spiro atoms. The second kappa shape index (κ2) is 5.19. The highest BCUT2D eigenvalue weighted by molar-refractivity contribution is 6.50. The second-order valence-corrected chi connectivity index (χ2v) is 3.25. The van der Waals surface area contributed by atoms with Gasteiger partial charge in [-0.3, -0.25) is 4.48 Å².